The van der Waals surface area contributed by atoms with Gasteiger partial charge in [-0.05, 0) is 66.9 Å². The molecule has 1 aliphatic heterocycles. The van der Waals surface area contributed by atoms with E-state index in [1.54, 1.807) is 42.5 Å². The van der Waals surface area contributed by atoms with Crippen LogP contribution < -0.4 is 20.1 Å². The van der Waals surface area contributed by atoms with Gasteiger partial charge in [0.2, 0.25) is 5.91 Å². The minimum atomic E-state index is -0.991. The van der Waals surface area contributed by atoms with Crippen molar-refractivity contribution in [2.45, 2.75) is 25.3 Å². The van der Waals surface area contributed by atoms with Crippen molar-refractivity contribution >= 4 is 29.3 Å². The lowest BCUT2D eigenvalue weighted by atomic mass is 10.1. The van der Waals surface area contributed by atoms with Crippen molar-refractivity contribution in [3.63, 3.8) is 0 Å². The summed E-state index contributed by atoms with van der Waals surface area (Å²) in [5, 5.41) is 14.6. The Kier molecular flexibility index (Phi) is 8.25. The Balaban J connectivity index is 1.34. The molecule has 3 aromatic carbocycles. The first-order chi connectivity index (χ1) is 17.9. The van der Waals surface area contributed by atoms with Crippen LogP contribution in [-0.2, 0) is 11.2 Å². The van der Waals surface area contributed by atoms with Crippen LogP contribution in [0.3, 0.4) is 0 Å². The van der Waals surface area contributed by atoms with E-state index in [1.165, 1.54) is 19.2 Å². The van der Waals surface area contributed by atoms with Gasteiger partial charge in [0.1, 0.15) is 18.1 Å². The predicted octanol–water partition coefficient (Wildman–Crippen LogP) is 4.65. The molecule has 0 radical (unpaired) electrons. The van der Waals surface area contributed by atoms with E-state index in [-0.39, 0.29) is 23.9 Å². The highest BCUT2D eigenvalue weighted by atomic mass is 16.5. The van der Waals surface area contributed by atoms with E-state index >= 15 is 0 Å². The molecular formula is C28H29N3O6. The Morgan fingerprint density at radius 3 is 2.46 bits per heavy atom. The smallest absolute Gasteiger partial charge is 0.335 e. The first kappa shape index (κ1) is 25.6. The third-order valence-electron chi connectivity index (χ3n) is 6.14. The molecule has 192 valence electrons. The molecule has 1 atom stereocenters. The number of hydrogen-bond donors (Lipinski definition) is 3. The fraction of sp³-hybridized carbons (Fsp3) is 0.250. The Morgan fingerprint density at radius 2 is 1.76 bits per heavy atom. The van der Waals surface area contributed by atoms with Gasteiger partial charge < -0.3 is 30.1 Å². The zero-order valence-electron chi connectivity index (χ0n) is 20.5. The summed E-state index contributed by atoms with van der Waals surface area (Å²) < 4.78 is 11.3. The minimum Gasteiger partial charge on any atom is -0.495 e. The molecule has 0 spiro atoms. The second kappa shape index (κ2) is 11.9. The van der Waals surface area contributed by atoms with Crippen LogP contribution >= 0.6 is 0 Å². The molecule has 0 aromatic heterocycles. The standard InChI is InChI=1S/C28H29N3O6/c1-36-25-16-19(9-14-24(25)30-28(35)29-21-6-3-2-4-7-21)17-26(32)31-15-5-8-22(31)18-37-23-12-10-20(11-13-23)27(33)34/h2-4,6-7,9-14,16,22H,5,8,15,17-18H2,1H3,(H,33,34)(H2,29,30,35)/t22-/m0/s1. The van der Waals surface area contributed by atoms with Crippen LogP contribution in [0.1, 0.15) is 28.8 Å². The lowest BCUT2D eigenvalue weighted by Gasteiger charge is -2.25. The third kappa shape index (κ3) is 6.78. The van der Waals surface area contributed by atoms with Gasteiger partial charge >= 0.3 is 12.0 Å². The quantitative estimate of drug-likeness (QED) is 0.391. The number of hydrogen-bond acceptors (Lipinski definition) is 5. The predicted molar refractivity (Wildman–Crippen MR) is 139 cm³/mol. The van der Waals surface area contributed by atoms with E-state index in [2.05, 4.69) is 10.6 Å². The van der Waals surface area contributed by atoms with Gasteiger partial charge in [0.05, 0.1) is 30.8 Å². The van der Waals surface area contributed by atoms with E-state index in [1.807, 2.05) is 23.1 Å². The molecule has 3 amide bonds. The topological polar surface area (TPSA) is 117 Å². The number of nitrogens with one attached hydrogen (secondary N) is 2. The number of ether oxygens (including phenoxy) is 2. The molecule has 1 saturated heterocycles. The number of para-hydroxylation sites is 1. The van der Waals surface area contributed by atoms with Crippen molar-refractivity contribution in [3.8, 4) is 11.5 Å². The van der Waals surface area contributed by atoms with Crippen LogP contribution in [-0.4, -0.2) is 54.2 Å². The van der Waals surface area contributed by atoms with Crippen LogP contribution in [0.15, 0.2) is 72.8 Å². The number of carbonyl (C=O) groups is 3. The Morgan fingerprint density at radius 1 is 1.00 bits per heavy atom. The van der Waals surface area contributed by atoms with Crippen molar-refractivity contribution in [3.05, 3.63) is 83.9 Å². The average Bonchev–Trinajstić information content (AvgIpc) is 3.38. The number of carbonyl (C=O) groups excluding carboxylic acids is 2. The Hall–Kier alpha value is -4.53. The van der Waals surface area contributed by atoms with E-state index in [0.717, 1.165) is 18.4 Å². The maximum absolute atomic E-state index is 13.1. The molecule has 9 nitrogen and oxygen atoms in total. The number of aromatic carboxylic acids is 1. The van der Waals surface area contributed by atoms with Crippen LogP contribution in [0.2, 0.25) is 0 Å². The molecule has 0 saturated carbocycles. The van der Waals surface area contributed by atoms with E-state index < -0.39 is 12.0 Å². The van der Waals surface area contributed by atoms with Crippen LogP contribution in [0, 0.1) is 0 Å². The van der Waals surface area contributed by atoms with Gasteiger partial charge in [-0.3, -0.25) is 4.79 Å². The summed E-state index contributed by atoms with van der Waals surface area (Å²) in [6, 6.07) is 20.1. The summed E-state index contributed by atoms with van der Waals surface area (Å²) in [6.45, 7) is 0.988. The monoisotopic (exact) mass is 503 g/mol. The average molecular weight is 504 g/mol. The van der Waals surface area contributed by atoms with Crippen molar-refractivity contribution in [1.29, 1.82) is 0 Å². The number of carboxylic acid groups (broad SMARTS) is 1. The second-order valence-electron chi connectivity index (χ2n) is 8.68. The number of methoxy groups -OCH3 is 1. The molecule has 0 bridgehead atoms. The summed E-state index contributed by atoms with van der Waals surface area (Å²) in [5.41, 5.74) is 2.13. The number of urea groups is 1. The van der Waals surface area contributed by atoms with Crippen molar-refractivity contribution in [1.82, 2.24) is 4.90 Å². The molecule has 3 aromatic rings. The van der Waals surface area contributed by atoms with Gasteiger partial charge in [-0.2, -0.15) is 0 Å². The fourth-order valence-electron chi connectivity index (χ4n) is 4.25. The number of benzene rings is 3. The fourth-order valence-corrected chi connectivity index (χ4v) is 4.25. The molecule has 1 fully saturated rings. The summed E-state index contributed by atoms with van der Waals surface area (Å²) in [6.07, 6.45) is 1.92. The van der Waals surface area contributed by atoms with Crippen molar-refractivity contribution < 1.29 is 29.0 Å². The van der Waals surface area contributed by atoms with Crippen LogP contribution in [0.25, 0.3) is 0 Å². The van der Waals surface area contributed by atoms with E-state index in [4.69, 9.17) is 14.6 Å². The highest BCUT2D eigenvalue weighted by molar-refractivity contribution is 6.00. The second-order valence-corrected chi connectivity index (χ2v) is 8.68. The number of carboxylic acids is 1. The van der Waals surface area contributed by atoms with Gasteiger partial charge in [0.15, 0.2) is 0 Å². The van der Waals surface area contributed by atoms with Gasteiger partial charge in [0, 0.05) is 12.2 Å². The van der Waals surface area contributed by atoms with Gasteiger partial charge in [-0.25, -0.2) is 9.59 Å². The lowest BCUT2D eigenvalue weighted by Crippen LogP contribution is -2.39. The molecule has 0 aliphatic carbocycles. The largest absolute Gasteiger partial charge is 0.495 e. The minimum absolute atomic E-state index is 0.0168. The molecule has 1 aliphatic rings. The number of amides is 3. The summed E-state index contributed by atoms with van der Waals surface area (Å²) in [5.74, 6) is 0.0139. The highest BCUT2D eigenvalue weighted by Crippen LogP contribution is 2.27. The SMILES string of the molecule is COc1cc(CC(=O)N2CCC[C@H]2COc2ccc(C(=O)O)cc2)ccc1NC(=O)Nc1ccccc1. The molecule has 9 heteroatoms. The zero-order chi connectivity index (χ0) is 26.2. The Labute approximate surface area is 215 Å². The zero-order valence-corrected chi connectivity index (χ0v) is 20.5. The number of likely N-dealkylation sites (tertiary alicyclic amines) is 1. The summed E-state index contributed by atoms with van der Waals surface area (Å²) >= 11 is 0. The van der Waals surface area contributed by atoms with Gasteiger partial charge in [-0.15, -0.1) is 0 Å². The molecule has 1 heterocycles. The third-order valence-corrected chi connectivity index (χ3v) is 6.14. The maximum atomic E-state index is 13.1. The number of rotatable bonds is 9. The normalized spacial score (nSPS) is 14.6. The Bertz CT molecular complexity index is 1250. The molecule has 37 heavy (non-hydrogen) atoms. The molecule has 0 unspecified atom stereocenters. The first-order valence-corrected chi connectivity index (χ1v) is 12.0. The molecule has 4 rings (SSSR count). The molecule has 3 N–H and O–H groups in total. The van der Waals surface area contributed by atoms with Crippen LogP contribution in [0.4, 0.5) is 16.2 Å². The van der Waals surface area contributed by atoms with E-state index in [9.17, 15) is 14.4 Å². The van der Waals surface area contributed by atoms with Gasteiger partial charge in [-0.1, -0.05) is 24.3 Å². The summed E-state index contributed by atoms with van der Waals surface area (Å²) in [4.78, 5) is 38.3. The van der Waals surface area contributed by atoms with Crippen molar-refractivity contribution in [2.24, 2.45) is 0 Å². The first-order valence-electron chi connectivity index (χ1n) is 12.0. The molecular weight excluding hydrogens is 474 g/mol. The van der Waals surface area contributed by atoms with E-state index in [0.29, 0.717) is 36.0 Å². The van der Waals surface area contributed by atoms with Crippen LogP contribution in [0.5, 0.6) is 11.5 Å². The number of nitrogens with zero attached hydrogens (tertiary/aromatic N) is 1. The summed E-state index contributed by atoms with van der Waals surface area (Å²) in [7, 11) is 1.51. The lowest BCUT2D eigenvalue weighted by molar-refractivity contribution is -0.131. The maximum Gasteiger partial charge on any atom is 0.335 e. The van der Waals surface area contributed by atoms with Crippen molar-refractivity contribution in [2.75, 3.05) is 30.9 Å². The van der Waals surface area contributed by atoms with Gasteiger partial charge in [0.25, 0.3) is 0 Å². The highest BCUT2D eigenvalue weighted by Gasteiger charge is 2.29. The number of anilines is 2.